The quantitative estimate of drug-likeness (QED) is 0.784. The molecule has 24 heavy (non-hydrogen) atoms. The minimum Gasteiger partial charge on any atom is -0.376 e. The van der Waals surface area contributed by atoms with Crippen molar-refractivity contribution >= 4 is 28.8 Å². The Hall–Kier alpha value is -1.70. The normalized spacial score (nSPS) is 17.1. The maximum atomic E-state index is 12.7. The van der Waals surface area contributed by atoms with E-state index in [-0.39, 0.29) is 29.3 Å². The molecule has 0 N–H and O–H groups in total. The van der Waals surface area contributed by atoms with Gasteiger partial charge in [0.05, 0.1) is 6.10 Å². The van der Waals surface area contributed by atoms with E-state index >= 15 is 0 Å². The van der Waals surface area contributed by atoms with Crippen molar-refractivity contribution in [2.24, 2.45) is 0 Å². The average Bonchev–Trinajstić information content (AvgIpc) is 3.24. The lowest BCUT2D eigenvalue weighted by Gasteiger charge is -2.25. The highest BCUT2D eigenvalue weighted by Gasteiger charge is 2.23. The number of rotatable bonds is 6. The first-order chi connectivity index (χ1) is 11.6. The summed E-state index contributed by atoms with van der Waals surface area (Å²) < 4.78 is 6.75. The topological polar surface area (TPSA) is 64.4 Å². The molecule has 1 aliphatic heterocycles. The summed E-state index contributed by atoms with van der Waals surface area (Å²) >= 11 is 7.41. The minimum absolute atomic E-state index is 0.0524. The number of amides is 1. The lowest BCUT2D eigenvalue weighted by Crippen LogP contribution is -2.40. The SMILES string of the molecule is O=C(Cn1nc(Cl)ccc1=O)N(Cc1ccsc1)C[C@H]1CCCO1. The molecule has 2 aromatic heterocycles. The van der Waals surface area contributed by atoms with Gasteiger partial charge in [0, 0.05) is 25.8 Å². The van der Waals surface area contributed by atoms with Gasteiger partial charge < -0.3 is 9.64 Å². The van der Waals surface area contributed by atoms with Gasteiger partial charge in [-0.2, -0.15) is 16.4 Å². The fourth-order valence-corrected chi connectivity index (χ4v) is 3.47. The lowest BCUT2D eigenvalue weighted by molar-refractivity contribution is -0.134. The molecule has 0 radical (unpaired) electrons. The fraction of sp³-hybridized carbons (Fsp3) is 0.438. The van der Waals surface area contributed by atoms with Crippen LogP contribution in [0.2, 0.25) is 5.15 Å². The van der Waals surface area contributed by atoms with E-state index in [0.717, 1.165) is 29.7 Å². The van der Waals surface area contributed by atoms with Gasteiger partial charge in [-0.1, -0.05) is 11.6 Å². The minimum atomic E-state index is -0.347. The van der Waals surface area contributed by atoms with E-state index in [2.05, 4.69) is 5.10 Å². The third-order valence-electron chi connectivity index (χ3n) is 3.87. The highest BCUT2D eigenvalue weighted by Crippen LogP contribution is 2.16. The summed E-state index contributed by atoms with van der Waals surface area (Å²) in [5.41, 5.74) is 0.720. The third kappa shape index (κ3) is 4.43. The van der Waals surface area contributed by atoms with Crippen LogP contribution in [0.1, 0.15) is 18.4 Å². The standard InChI is InChI=1S/C16H18ClN3O3S/c17-14-3-4-15(21)20(18-14)10-16(22)19(8-12-5-7-24-11-12)9-13-2-1-6-23-13/h3-5,7,11,13H,1-2,6,8-10H2/t13-/m1/s1. The van der Waals surface area contributed by atoms with Gasteiger partial charge in [-0.05, 0) is 41.3 Å². The molecule has 2 aromatic rings. The largest absolute Gasteiger partial charge is 0.376 e. The van der Waals surface area contributed by atoms with Gasteiger partial charge in [0.2, 0.25) is 5.91 Å². The number of carbonyl (C=O) groups excluding carboxylic acids is 1. The lowest BCUT2D eigenvalue weighted by atomic mass is 10.2. The number of halogens is 1. The van der Waals surface area contributed by atoms with Crippen LogP contribution in [0, 0.1) is 0 Å². The Kier molecular flexibility index (Phi) is 5.65. The first kappa shape index (κ1) is 17.1. The van der Waals surface area contributed by atoms with Gasteiger partial charge in [-0.15, -0.1) is 0 Å². The number of hydrogen-bond acceptors (Lipinski definition) is 5. The molecule has 1 amide bonds. The molecule has 128 valence electrons. The smallest absolute Gasteiger partial charge is 0.267 e. The van der Waals surface area contributed by atoms with Crippen LogP contribution in [0.3, 0.4) is 0 Å². The molecule has 8 heteroatoms. The molecule has 1 saturated heterocycles. The maximum Gasteiger partial charge on any atom is 0.267 e. The van der Waals surface area contributed by atoms with Gasteiger partial charge in [-0.3, -0.25) is 9.59 Å². The second kappa shape index (κ2) is 7.92. The number of aromatic nitrogens is 2. The summed E-state index contributed by atoms with van der Waals surface area (Å²) in [6.45, 7) is 1.62. The Morgan fingerprint density at radius 2 is 2.33 bits per heavy atom. The van der Waals surface area contributed by atoms with Crippen molar-refractivity contribution in [1.29, 1.82) is 0 Å². The number of nitrogens with zero attached hydrogens (tertiary/aromatic N) is 3. The molecule has 0 aliphatic carbocycles. The van der Waals surface area contributed by atoms with Crippen molar-refractivity contribution in [3.05, 3.63) is 50.0 Å². The Morgan fingerprint density at radius 1 is 1.46 bits per heavy atom. The molecule has 0 saturated carbocycles. The molecule has 1 aliphatic rings. The molecule has 6 nitrogen and oxygen atoms in total. The highest BCUT2D eigenvalue weighted by atomic mass is 35.5. The third-order valence-corrected chi connectivity index (χ3v) is 4.81. The molecule has 3 rings (SSSR count). The van der Waals surface area contributed by atoms with Crippen molar-refractivity contribution in [2.75, 3.05) is 13.2 Å². The van der Waals surface area contributed by atoms with E-state index in [1.54, 1.807) is 16.2 Å². The van der Waals surface area contributed by atoms with Crippen LogP contribution in [0.25, 0.3) is 0 Å². The molecule has 1 atom stereocenters. The van der Waals surface area contributed by atoms with Crippen molar-refractivity contribution in [1.82, 2.24) is 14.7 Å². The van der Waals surface area contributed by atoms with Gasteiger partial charge in [0.25, 0.3) is 5.56 Å². The summed E-state index contributed by atoms with van der Waals surface area (Å²) in [7, 11) is 0. The van der Waals surface area contributed by atoms with Crippen molar-refractivity contribution in [3.8, 4) is 0 Å². The molecule has 0 spiro atoms. The van der Waals surface area contributed by atoms with Crippen LogP contribution in [0.15, 0.2) is 33.8 Å². The second-order valence-corrected chi connectivity index (χ2v) is 6.86. The van der Waals surface area contributed by atoms with E-state index in [0.29, 0.717) is 13.1 Å². The van der Waals surface area contributed by atoms with Crippen molar-refractivity contribution in [3.63, 3.8) is 0 Å². The molecule has 0 bridgehead atoms. The zero-order valence-electron chi connectivity index (χ0n) is 13.1. The van der Waals surface area contributed by atoms with E-state index in [9.17, 15) is 9.59 Å². The highest BCUT2D eigenvalue weighted by molar-refractivity contribution is 7.07. The molecule has 3 heterocycles. The molecular formula is C16H18ClN3O3S. The van der Waals surface area contributed by atoms with Crippen LogP contribution in [0.4, 0.5) is 0 Å². The van der Waals surface area contributed by atoms with Crippen LogP contribution in [0.5, 0.6) is 0 Å². The first-order valence-corrected chi connectivity index (χ1v) is 9.08. The molecule has 0 aromatic carbocycles. The van der Waals surface area contributed by atoms with E-state index < -0.39 is 0 Å². The predicted molar refractivity (Wildman–Crippen MR) is 92.2 cm³/mol. The molecular weight excluding hydrogens is 350 g/mol. The Morgan fingerprint density at radius 3 is 3.04 bits per heavy atom. The molecule has 0 unspecified atom stereocenters. The Balaban J connectivity index is 1.74. The van der Waals surface area contributed by atoms with Crippen LogP contribution in [-0.4, -0.2) is 39.8 Å². The van der Waals surface area contributed by atoms with Gasteiger partial charge in [-0.25, -0.2) is 4.68 Å². The maximum absolute atomic E-state index is 12.7. The van der Waals surface area contributed by atoms with Crippen LogP contribution < -0.4 is 5.56 Å². The fourth-order valence-electron chi connectivity index (χ4n) is 2.66. The second-order valence-electron chi connectivity index (χ2n) is 5.69. The monoisotopic (exact) mass is 367 g/mol. The van der Waals surface area contributed by atoms with Crippen LogP contribution in [-0.2, 0) is 22.6 Å². The Bertz CT molecular complexity index is 741. The number of ether oxygens (including phenoxy) is 1. The number of hydrogen-bond donors (Lipinski definition) is 0. The summed E-state index contributed by atoms with van der Waals surface area (Å²) in [6.07, 6.45) is 2.01. The van der Waals surface area contributed by atoms with Crippen molar-refractivity contribution < 1.29 is 9.53 Å². The summed E-state index contributed by atoms with van der Waals surface area (Å²) in [5, 5.41) is 8.10. The summed E-state index contributed by atoms with van der Waals surface area (Å²) in [4.78, 5) is 26.3. The van der Waals surface area contributed by atoms with E-state index in [4.69, 9.17) is 16.3 Å². The zero-order chi connectivity index (χ0) is 16.9. The van der Waals surface area contributed by atoms with Gasteiger partial charge in [0.1, 0.15) is 11.7 Å². The number of thiophene rings is 1. The van der Waals surface area contributed by atoms with Gasteiger partial charge in [0.15, 0.2) is 0 Å². The Labute approximate surface area is 148 Å². The van der Waals surface area contributed by atoms with Crippen molar-refractivity contribution in [2.45, 2.75) is 32.0 Å². The first-order valence-electron chi connectivity index (χ1n) is 7.76. The summed E-state index contributed by atoms with van der Waals surface area (Å²) in [5.74, 6) is -0.173. The number of carbonyl (C=O) groups is 1. The summed E-state index contributed by atoms with van der Waals surface area (Å²) in [6, 6.07) is 4.72. The van der Waals surface area contributed by atoms with E-state index in [1.165, 1.54) is 12.1 Å². The predicted octanol–water partition coefficient (Wildman–Crippen LogP) is 2.17. The zero-order valence-corrected chi connectivity index (χ0v) is 14.6. The average molecular weight is 368 g/mol. The van der Waals surface area contributed by atoms with Crippen LogP contribution >= 0.6 is 22.9 Å². The molecule has 1 fully saturated rings. The van der Waals surface area contributed by atoms with Gasteiger partial charge >= 0.3 is 0 Å². The van der Waals surface area contributed by atoms with E-state index in [1.807, 2.05) is 16.8 Å².